The first-order valence-electron chi connectivity index (χ1n) is 6.12. The van der Waals surface area contributed by atoms with Gasteiger partial charge in [-0.3, -0.25) is 0 Å². The molecule has 1 heterocycles. The minimum Gasteiger partial charge on any atom is -0.382 e. The molecule has 4 nitrogen and oxygen atoms in total. The van der Waals surface area contributed by atoms with E-state index in [2.05, 4.69) is 29.6 Å². The predicted molar refractivity (Wildman–Crippen MR) is 73.0 cm³/mol. The van der Waals surface area contributed by atoms with Crippen molar-refractivity contribution in [2.75, 3.05) is 17.6 Å². The van der Waals surface area contributed by atoms with Crippen LogP contribution >= 0.6 is 11.5 Å². The smallest absolute Gasteiger partial charge is 0.157 e. The van der Waals surface area contributed by atoms with E-state index < -0.39 is 0 Å². The minimum atomic E-state index is 0.335. The summed E-state index contributed by atoms with van der Waals surface area (Å²) in [5.74, 6) is 0.992. The van der Waals surface area contributed by atoms with Crippen molar-refractivity contribution >= 4 is 22.4 Å². The Morgan fingerprint density at radius 1 is 1.53 bits per heavy atom. The fraction of sp³-hybridized carbons (Fsp3) is 0.667. The van der Waals surface area contributed by atoms with Crippen LogP contribution in [0.1, 0.15) is 45.1 Å². The summed E-state index contributed by atoms with van der Waals surface area (Å²) in [5, 5.41) is 13.1. The zero-order valence-corrected chi connectivity index (χ0v) is 11.3. The van der Waals surface area contributed by atoms with Gasteiger partial charge in [-0.15, -0.1) is 0 Å². The van der Waals surface area contributed by atoms with Gasteiger partial charge in [0.15, 0.2) is 5.82 Å². The van der Waals surface area contributed by atoms with Gasteiger partial charge in [-0.25, -0.2) is 0 Å². The van der Waals surface area contributed by atoms with Crippen LogP contribution in [0.5, 0.6) is 0 Å². The Labute approximate surface area is 107 Å². The van der Waals surface area contributed by atoms with E-state index in [1.807, 2.05) is 0 Å². The van der Waals surface area contributed by atoms with Gasteiger partial charge in [-0.1, -0.05) is 33.1 Å². The van der Waals surface area contributed by atoms with Crippen molar-refractivity contribution in [3.63, 3.8) is 0 Å². The van der Waals surface area contributed by atoms with Gasteiger partial charge in [0.1, 0.15) is 16.6 Å². The highest BCUT2D eigenvalue weighted by atomic mass is 32.1. The standard InChI is InChI=1S/C12H20N4S/c1-3-5-6-9(4-2)8-15-12-10(7-13)11(14)16-17-12/h9,15H,3-6,8H2,1-2H3,(H2,14,16). The topological polar surface area (TPSA) is 74.7 Å². The maximum absolute atomic E-state index is 8.95. The minimum absolute atomic E-state index is 0.335. The molecule has 0 aliphatic heterocycles. The number of hydrogen-bond acceptors (Lipinski definition) is 5. The monoisotopic (exact) mass is 252 g/mol. The molecule has 1 aromatic heterocycles. The number of nitrogen functional groups attached to an aromatic ring is 1. The van der Waals surface area contributed by atoms with Gasteiger partial charge in [0.25, 0.3) is 0 Å². The molecule has 1 atom stereocenters. The molecule has 1 unspecified atom stereocenters. The maximum Gasteiger partial charge on any atom is 0.157 e. The second-order valence-corrected chi connectivity index (χ2v) is 4.95. The molecule has 94 valence electrons. The fourth-order valence-corrected chi connectivity index (χ4v) is 2.38. The van der Waals surface area contributed by atoms with Crippen LogP contribution in [0.4, 0.5) is 10.8 Å². The van der Waals surface area contributed by atoms with E-state index >= 15 is 0 Å². The highest BCUT2D eigenvalue weighted by molar-refractivity contribution is 7.10. The molecule has 0 aliphatic rings. The first kappa shape index (κ1) is 13.8. The number of nitrogens with zero attached hydrogens (tertiary/aromatic N) is 2. The Kier molecular flexibility index (Phi) is 5.78. The summed E-state index contributed by atoms with van der Waals surface area (Å²) in [7, 11) is 0. The molecule has 0 amide bonds. The SMILES string of the molecule is CCCCC(CC)CNc1snc(N)c1C#N. The van der Waals surface area contributed by atoms with E-state index in [0.29, 0.717) is 17.3 Å². The van der Waals surface area contributed by atoms with Gasteiger partial charge >= 0.3 is 0 Å². The first-order chi connectivity index (χ1) is 8.22. The molecule has 0 aromatic carbocycles. The van der Waals surface area contributed by atoms with Gasteiger partial charge in [-0.2, -0.15) is 9.64 Å². The van der Waals surface area contributed by atoms with Crippen molar-refractivity contribution in [1.82, 2.24) is 4.37 Å². The molecular formula is C12H20N4S. The van der Waals surface area contributed by atoms with Gasteiger partial charge in [-0.05, 0) is 23.9 Å². The highest BCUT2D eigenvalue weighted by Gasteiger charge is 2.12. The van der Waals surface area contributed by atoms with Gasteiger partial charge < -0.3 is 11.1 Å². The summed E-state index contributed by atoms with van der Waals surface area (Å²) >= 11 is 1.27. The average molecular weight is 252 g/mol. The summed E-state index contributed by atoms with van der Waals surface area (Å²) < 4.78 is 3.99. The number of nitrogens with one attached hydrogen (secondary N) is 1. The molecule has 0 bridgehead atoms. The van der Waals surface area contributed by atoms with Gasteiger partial charge in [0.05, 0.1) is 0 Å². The Bertz CT molecular complexity index is 380. The molecule has 0 saturated heterocycles. The van der Waals surface area contributed by atoms with Gasteiger partial charge in [0, 0.05) is 6.54 Å². The Hall–Kier alpha value is -1.28. The lowest BCUT2D eigenvalue weighted by Crippen LogP contribution is -2.13. The van der Waals surface area contributed by atoms with Crippen molar-refractivity contribution in [1.29, 1.82) is 5.26 Å². The maximum atomic E-state index is 8.95. The van der Waals surface area contributed by atoms with E-state index in [1.165, 1.54) is 30.8 Å². The number of hydrogen-bond donors (Lipinski definition) is 2. The molecule has 1 rings (SSSR count). The van der Waals surface area contributed by atoms with Crippen molar-refractivity contribution in [2.24, 2.45) is 5.92 Å². The third kappa shape index (κ3) is 3.90. The van der Waals surface area contributed by atoms with Crippen LogP contribution in [-0.2, 0) is 0 Å². The normalized spacial score (nSPS) is 12.1. The van der Waals surface area contributed by atoms with E-state index in [1.54, 1.807) is 0 Å². The van der Waals surface area contributed by atoms with Crippen LogP contribution in [0.15, 0.2) is 0 Å². The Morgan fingerprint density at radius 3 is 2.88 bits per heavy atom. The fourth-order valence-electron chi connectivity index (χ4n) is 1.71. The summed E-state index contributed by atoms with van der Waals surface area (Å²) in [5.41, 5.74) is 6.09. The lowest BCUT2D eigenvalue weighted by atomic mass is 9.99. The molecule has 3 N–H and O–H groups in total. The van der Waals surface area contributed by atoms with Crippen LogP contribution < -0.4 is 11.1 Å². The second-order valence-electron chi connectivity index (χ2n) is 4.18. The number of rotatable bonds is 7. The quantitative estimate of drug-likeness (QED) is 0.781. The van der Waals surface area contributed by atoms with Gasteiger partial charge in [0.2, 0.25) is 0 Å². The number of nitriles is 1. The Balaban J connectivity index is 2.51. The summed E-state index contributed by atoms with van der Waals surface area (Å²) in [6.45, 7) is 5.30. The number of unbranched alkanes of at least 4 members (excludes halogenated alkanes) is 1. The number of nitrogens with two attached hydrogens (primary N) is 1. The molecule has 17 heavy (non-hydrogen) atoms. The third-order valence-corrected chi connectivity index (χ3v) is 3.74. The number of anilines is 2. The molecule has 5 heteroatoms. The largest absolute Gasteiger partial charge is 0.382 e. The van der Waals surface area contributed by atoms with Crippen molar-refractivity contribution in [3.8, 4) is 6.07 Å². The molecule has 0 fully saturated rings. The van der Waals surface area contributed by atoms with Crippen LogP contribution in [0.3, 0.4) is 0 Å². The van der Waals surface area contributed by atoms with Crippen LogP contribution in [0, 0.1) is 17.2 Å². The number of aromatic nitrogens is 1. The van der Waals surface area contributed by atoms with Crippen LogP contribution in [0.2, 0.25) is 0 Å². The second kappa shape index (κ2) is 7.13. The van der Waals surface area contributed by atoms with E-state index in [0.717, 1.165) is 18.0 Å². The summed E-state index contributed by atoms with van der Waals surface area (Å²) in [6, 6.07) is 2.09. The van der Waals surface area contributed by atoms with E-state index in [-0.39, 0.29) is 0 Å². The molecule has 0 spiro atoms. The van der Waals surface area contributed by atoms with E-state index in [4.69, 9.17) is 11.0 Å². The molecule has 1 aromatic rings. The molecular weight excluding hydrogens is 232 g/mol. The highest BCUT2D eigenvalue weighted by Crippen LogP contribution is 2.26. The summed E-state index contributed by atoms with van der Waals surface area (Å²) in [6.07, 6.45) is 4.88. The molecule has 0 aliphatic carbocycles. The summed E-state index contributed by atoms with van der Waals surface area (Å²) in [4.78, 5) is 0. The predicted octanol–water partition coefficient (Wildman–Crippen LogP) is 3.23. The third-order valence-electron chi connectivity index (χ3n) is 2.92. The van der Waals surface area contributed by atoms with Crippen molar-refractivity contribution in [3.05, 3.63) is 5.56 Å². The van der Waals surface area contributed by atoms with Crippen molar-refractivity contribution < 1.29 is 0 Å². The van der Waals surface area contributed by atoms with Crippen LogP contribution in [-0.4, -0.2) is 10.9 Å². The first-order valence-corrected chi connectivity index (χ1v) is 6.89. The van der Waals surface area contributed by atoms with E-state index in [9.17, 15) is 0 Å². The lowest BCUT2D eigenvalue weighted by Gasteiger charge is -2.15. The molecule has 0 radical (unpaired) electrons. The zero-order chi connectivity index (χ0) is 12.7. The zero-order valence-electron chi connectivity index (χ0n) is 10.5. The Morgan fingerprint density at radius 2 is 2.29 bits per heavy atom. The van der Waals surface area contributed by atoms with Crippen molar-refractivity contribution in [2.45, 2.75) is 39.5 Å². The average Bonchev–Trinajstić information content (AvgIpc) is 2.70. The molecule has 0 saturated carbocycles. The van der Waals surface area contributed by atoms with Crippen LogP contribution in [0.25, 0.3) is 0 Å². The lowest BCUT2D eigenvalue weighted by molar-refractivity contribution is 0.473.